The number of nitrogens with zero attached hydrogens (tertiary/aromatic N) is 1. The Hall–Kier alpha value is 0.220. The van der Waals surface area contributed by atoms with Crippen LogP contribution in [0.5, 0.6) is 0 Å². The van der Waals surface area contributed by atoms with Crippen LogP contribution < -0.4 is 0 Å². The van der Waals surface area contributed by atoms with E-state index in [9.17, 15) is 0 Å². The van der Waals surface area contributed by atoms with Crippen molar-refractivity contribution in [1.29, 1.82) is 5.26 Å². The van der Waals surface area contributed by atoms with Crippen LogP contribution in [-0.2, 0) is 0 Å². The number of nitriles is 1. The van der Waals surface area contributed by atoms with Crippen molar-refractivity contribution in [2.45, 2.75) is 24.0 Å². The zero-order chi connectivity index (χ0) is 12.5. The van der Waals surface area contributed by atoms with Crippen molar-refractivity contribution in [3.8, 4) is 6.07 Å². The minimum Gasteiger partial charge on any atom is -0.192 e. The Kier molecular flexibility index (Phi) is 5.10. The van der Waals surface area contributed by atoms with E-state index in [-0.39, 0.29) is 30.9 Å². The highest BCUT2D eigenvalue weighted by atomic mass is 35.5. The first kappa shape index (κ1) is 14.3. The average Bonchev–Trinajstić information content (AvgIpc) is 2.22. The second-order valence-corrected chi connectivity index (χ2v) is 6.34. The fourth-order valence-electron chi connectivity index (χ4n) is 1.05. The van der Waals surface area contributed by atoms with Crippen molar-refractivity contribution >= 4 is 58.2 Å². The van der Waals surface area contributed by atoms with Gasteiger partial charge in [0.2, 0.25) is 0 Å². The third-order valence-electron chi connectivity index (χ3n) is 1.69. The molecule has 1 nitrogen and oxygen atoms in total. The Labute approximate surface area is 119 Å². The summed E-state index contributed by atoms with van der Waals surface area (Å²) in [5.74, 6) is 0. The summed E-state index contributed by atoms with van der Waals surface area (Å²) in [6.07, 6.45) is 0. The van der Waals surface area contributed by atoms with Gasteiger partial charge in [-0.3, -0.25) is 0 Å². The molecule has 0 radical (unpaired) electrons. The van der Waals surface area contributed by atoms with Crippen molar-refractivity contribution < 1.29 is 0 Å². The summed E-state index contributed by atoms with van der Waals surface area (Å²) in [5, 5.41) is 10.0. The molecular formula is C10H7Cl4NS. The van der Waals surface area contributed by atoms with Crippen LogP contribution in [-0.4, -0.2) is 5.25 Å². The molecule has 0 N–H and O–H groups in total. The molecule has 1 aromatic carbocycles. The zero-order valence-corrected chi connectivity index (χ0v) is 12.3. The SMILES string of the molecule is CC(C)Sc1c(Cl)c(Cl)c(C#N)c(Cl)c1Cl. The van der Waals surface area contributed by atoms with Crippen LogP contribution in [0.2, 0.25) is 20.1 Å². The van der Waals surface area contributed by atoms with E-state index in [0.717, 1.165) is 0 Å². The first-order chi connectivity index (χ1) is 7.40. The van der Waals surface area contributed by atoms with Gasteiger partial charge in [-0.15, -0.1) is 11.8 Å². The Balaban J connectivity index is 3.49. The quantitative estimate of drug-likeness (QED) is 0.518. The number of benzene rings is 1. The lowest BCUT2D eigenvalue weighted by molar-refractivity contribution is 1.11. The molecule has 1 aromatic rings. The summed E-state index contributed by atoms with van der Waals surface area (Å²) in [6.45, 7) is 3.99. The second-order valence-electron chi connectivity index (χ2n) is 3.24. The van der Waals surface area contributed by atoms with E-state index in [4.69, 9.17) is 51.7 Å². The molecule has 16 heavy (non-hydrogen) atoms. The number of hydrogen-bond acceptors (Lipinski definition) is 2. The molecule has 6 heteroatoms. The molecular weight excluding hydrogens is 308 g/mol. The Bertz CT molecular complexity index is 436. The van der Waals surface area contributed by atoms with Gasteiger partial charge in [-0.2, -0.15) is 5.26 Å². The molecule has 86 valence electrons. The third-order valence-corrected chi connectivity index (χ3v) is 4.73. The summed E-state index contributed by atoms with van der Waals surface area (Å²) in [7, 11) is 0. The van der Waals surface area contributed by atoms with Gasteiger partial charge in [0, 0.05) is 10.1 Å². The number of hydrogen-bond donors (Lipinski definition) is 0. The molecule has 0 aromatic heterocycles. The molecule has 0 aliphatic heterocycles. The molecule has 0 spiro atoms. The summed E-state index contributed by atoms with van der Waals surface area (Å²) < 4.78 is 0. The van der Waals surface area contributed by atoms with E-state index in [1.165, 1.54) is 11.8 Å². The molecule has 0 saturated heterocycles. The van der Waals surface area contributed by atoms with Gasteiger partial charge in [-0.05, 0) is 0 Å². The molecule has 0 fully saturated rings. The fourth-order valence-corrected chi connectivity index (χ4v) is 3.25. The Morgan fingerprint density at radius 3 is 1.75 bits per heavy atom. The smallest absolute Gasteiger partial charge is 0.102 e. The lowest BCUT2D eigenvalue weighted by Gasteiger charge is -2.13. The monoisotopic (exact) mass is 313 g/mol. The van der Waals surface area contributed by atoms with Gasteiger partial charge >= 0.3 is 0 Å². The maximum absolute atomic E-state index is 8.88. The number of halogens is 4. The van der Waals surface area contributed by atoms with Gasteiger partial charge < -0.3 is 0 Å². The van der Waals surface area contributed by atoms with E-state index in [0.29, 0.717) is 4.90 Å². The van der Waals surface area contributed by atoms with Crippen LogP contribution in [0.3, 0.4) is 0 Å². The third kappa shape index (κ3) is 2.72. The van der Waals surface area contributed by atoms with E-state index in [1.54, 1.807) is 0 Å². The molecule has 0 aliphatic carbocycles. The predicted octanol–water partition coefficient (Wildman–Crippen LogP) is 5.67. The van der Waals surface area contributed by atoms with Crippen LogP contribution in [0.1, 0.15) is 19.4 Å². The van der Waals surface area contributed by atoms with Gasteiger partial charge in [0.25, 0.3) is 0 Å². The van der Waals surface area contributed by atoms with Gasteiger partial charge in [-0.1, -0.05) is 60.3 Å². The van der Waals surface area contributed by atoms with Crippen molar-refractivity contribution in [1.82, 2.24) is 0 Å². The van der Waals surface area contributed by atoms with Crippen LogP contribution in [0.4, 0.5) is 0 Å². The molecule has 0 bridgehead atoms. The van der Waals surface area contributed by atoms with E-state index >= 15 is 0 Å². The largest absolute Gasteiger partial charge is 0.192 e. The van der Waals surface area contributed by atoms with Crippen LogP contribution >= 0.6 is 58.2 Å². The lowest BCUT2D eigenvalue weighted by atomic mass is 10.2. The highest BCUT2D eigenvalue weighted by Gasteiger charge is 2.21. The van der Waals surface area contributed by atoms with Crippen LogP contribution in [0.15, 0.2) is 4.90 Å². The van der Waals surface area contributed by atoms with Crippen molar-refractivity contribution in [3.63, 3.8) is 0 Å². The topological polar surface area (TPSA) is 23.8 Å². The normalized spacial score (nSPS) is 10.6. The van der Waals surface area contributed by atoms with Crippen molar-refractivity contribution in [3.05, 3.63) is 25.7 Å². The highest BCUT2D eigenvalue weighted by molar-refractivity contribution is 8.00. The molecule has 0 saturated carbocycles. The molecule has 0 heterocycles. The van der Waals surface area contributed by atoms with Gasteiger partial charge in [-0.25, -0.2) is 0 Å². The summed E-state index contributed by atoms with van der Waals surface area (Å²) in [5.41, 5.74) is 0.117. The summed E-state index contributed by atoms with van der Waals surface area (Å²) in [4.78, 5) is 0.618. The highest BCUT2D eigenvalue weighted by Crippen LogP contribution is 2.46. The van der Waals surface area contributed by atoms with Gasteiger partial charge in [0.05, 0.1) is 25.7 Å². The molecule has 0 aliphatic rings. The lowest BCUT2D eigenvalue weighted by Crippen LogP contribution is -1.92. The number of rotatable bonds is 2. The minimum atomic E-state index is 0.117. The average molecular weight is 315 g/mol. The minimum absolute atomic E-state index is 0.117. The van der Waals surface area contributed by atoms with Crippen molar-refractivity contribution in [2.75, 3.05) is 0 Å². The fraction of sp³-hybridized carbons (Fsp3) is 0.300. The number of thioether (sulfide) groups is 1. The molecule has 0 atom stereocenters. The summed E-state index contributed by atoms with van der Waals surface area (Å²) >= 11 is 25.5. The van der Waals surface area contributed by atoms with Gasteiger partial charge in [0.1, 0.15) is 6.07 Å². The second kappa shape index (κ2) is 5.71. The molecule has 0 amide bonds. The first-order valence-corrected chi connectivity index (χ1v) is 6.72. The van der Waals surface area contributed by atoms with Gasteiger partial charge in [0.15, 0.2) is 0 Å². The Morgan fingerprint density at radius 2 is 1.44 bits per heavy atom. The summed E-state index contributed by atoms with van der Waals surface area (Å²) in [6, 6.07) is 1.88. The standard InChI is InChI=1S/C10H7Cl4NS/c1-4(2)16-10-8(13)6(11)5(3-15)7(12)9(10)14/h4H,1-2H3. The van der Waals surface area contributed by atoms with Crippen molar-refractivity contribution in [2.24, 2.45) is 0 Å². The van der Waals surface area contributed by atoms with Crippen LogP contribution in [0, 0.1) is 11.3 Å². The maximum atomic E-state index is 8.88. The molecule has 0 unspecified atom stereocenters. The van der Waals surface area contributed by atoms with Crippen LogP contribution in [0.25, 0.3) is 0 Å². The Morgan fingerprint density at radius 1 is 1.00 bits per heavy atom. The maximum Gasteiger partial charge on any atom is 0.102 e. The van der Waals surface area contributed by atoms with E-state index in [2.05, 4.69) is 0 Å². The predicted molar refractivity (Wildman–Crippen MR) is 72.2 cm³/mol. The van der Waals surface area contributed by atoms with E-state index in [1.807, 2.05) is 19.9 Å². The molecule has 1 rings (SSSR count). The van der Waals surface area contributed by atoms with E-state index < -0.39 is 0 Å². The zero-order valence-electron chi connectivity index (χ0n) is 8.44. The first-order valence-electron chi connectivity index (χ1n) is 4.32.